The van der Waals surface area contributed by atoms with E-state index in [1.807, 2.05) is 13.8 Å². The van der Waals surface area contributed by atoms with Crippen LogP contribution in [0.5, 0.6) is 0 Å². The first kappa shape index (κ1) is 19.7. The lowest BCUT2D eigenvalue weighted by molar-refractivity contribution is -0.153. The highest BCUT2D eigenvalue weighted by Gasteiger charge is 2.37. The van der Waals surface area contributed by atoms with Crippen LogP contribution in [0.25, 0.3) is 0 Å². The molecule has 6 heteroatoms. The minimum Gasteiger partial charge on any atom is -0.464 e. The molecule has 124 valence electrons. The van der Waals surface area contributed by atoms with E-state index in [1.54, 1.807) is 27.7 Å². The minimum atomic E-state index is -0.718. The molecule has 0 saturated heterocycles. The predicted molar refractivity (Wildman–Crippen MR) is 79.8 cm³/mol. The molecule has 0 heterocycles. The molecule has 0 aliphatic carbocycles. The number of hydrogen-bond acceptors (Lipinski definition) is 5. The summed E-state index contributed by atoms with van der Waals surface area (Å²) in [5.41, 5.74) is -0.641. The molecule has 21 heavy (non-hydrogen) atoms. The molecule has 0 radical (unpaired) electrons. The smallest absolute Gasteiger partial charge is 0.412 e. The van der Waals surface area contributed by atoms with E-state index in [4.69, 9.17) is 14.2 Å². The highest BCUT2D eigenvalue weighted by atomic mass is 16.6. The number of amides is 1. The molecule has 0 spiro atoms. The first-order valence-electron chi connectivity index (χ1n) is 7.33. The SMILES string of the molecule is CCOC(=O)[C@@H]([C@@H](C)CC)N(COC)C(=O)OC(C)(C)C. The first-order chi connectivity index (χ1) is 9.67. The van der Waals surface area contributed by atoms with Crippen molar-refractivity contribution in [2.45, 2.75) is 59.6 Å². The van der Waals surface area contributed by atoms with Gasteiger partial charge < -0.3 is 14.2 Å². The standard InChI is InChI=1S/C15H29NO5/c1-8-11(3)12(13(17)20-9-2)16(10-19-7)14(18)21-15(4,5)6/h11-12H,8-10H2,1-7H3/t11-,12+/m0/s1. The summed E-state index contributed by atoms with van der Waals surface area (Å²) in [5, 5.41) is 0. The van der Waals surface area contributed by atoms with E-state index in [1.165, 1.54) is 12.0 Å². The topological polar surface area (TPSA) is 65.1 Å². The quantitative estimate of drug-likeness (QED) is 0.534. The Balaban J connectivity index is 5.30. The molecule has 0 fully saturated rings. The molecule has 2 atom stereocenters. The zero-order valence-corrected chi connectivity index (χ0v) is 14.3. The van der Waals surface area contributed by atoms with Crippen molar-refractivity contribution in [1.29, 1.82) is 0 Å². The van der Waals surface area contributed by atoms with Crippen LogP contribution in [0.4, 0.5) is 4.79 Å². The molecule has 6 nitrogen and oxygen atoms in total. The van der Waals surface area contributed by atoms with E-state index < -0.39 is 23.7 Å². The number of esters is 1. The normalized spacial score (nSPS) is 14.2. The van der Waals surface area contributed by atoms with Crippen molar-refractivity contribution in [3.05, 3.63) is 0 Å². The van der Waals surface area contributed by atoms with Crippen LogP contribution in [-0.2, 0) is 19.0 Å². The van der Waals surface area contributed by atoms with Crippen molar-refractivity contribution in [1.82, 2.24) is 4.90 Å². The fourth-order valence-electron chi connectivity index (χ4n) is 1.82. The summed E-state index contributed by atoms with van der Waals surface area (Å²) < 4.78 is 15.5. The van der Waals surface area contributed by atoms with E-state index in [-0.39, 0.29) is 19.3 Å². The average Bonchev–Trinajstić information content (AvgIpc) is 2.36. The molecule has 0 saturated carbocycles. The van der Waals surface area contributed by atoms with Gasteiger partial charge in [-0.15, -0.1) is 0 Å². The van der Waals surface area contributed by atoms with Crippen LogP contribution < -0.4 is 0 Å². The Hall–Kier alpha value is -1.30. The van der Waals surface area contributed by atoms with Crippen LogP contribution >= 0.6 is 0 Å². The van der Waals surface area contributed by atoms with Crippen LogP contribution in [0.2, 0.25) is 0 Å². The van der Waals surface area contributed by atoms with Crippen molar-refractivity contribution < 1.29 is 23.8 Å². The van der Waals surface area contributed by atoms with Gasteiger partial charge in [0.2, 0.25) is 0 Å². The highest BCUT2D eigenvalue weighted by Crippen LogP contribution is 2.20. The molecular weight excluding hydrogens is 274 g/mol. The van der Waals surface area contributed by atoms with Gasteiger partial charge in [0.15, 0.2) is 0 Å². The van der Waals surface area contributed by atoms with Crippen molar-refractivity contribution in [3.63, 3.8) is 0 Å². The Bertz CT molecular complexity index is 337. The summed E-state index contributed by atoms with van der Waals surface area (Å²) in [6.45, 7) is 11.2. The number of carbonyl (C=O) groups excluding carboxylic acids is 2. The van der Waals surface area contributed by atoms with Crippen molar-refractivity contribution in [3.8, 4) is 0 Å². The van der Waals surface area contributed by atoms with Gasteiger partial charge in [0.05, 0.1) is 6.61 Å². The molecule has 0 aliphatic rings. The number of nitrogens with zero attached hydrogens (tertiary/aromatic N) is 1. The van der Waals surface area contributed by atoms with E-state index in [2.05, 4.69) is 0 Å². The average molecular weight is 303 g/mol. The van der Waals surface area contributed by atoms with E-state index in [0.717, 1.165) is 6.42 Å². The zero-order valence-electron chi connectivity index (χ0n) is 14.3. The second-order valence-electron chi connectivity index (χ2n) is 5.95. The van der Waals surface area contributed by atoms with Gasteiger partial charge >= 0.3 is 12.1 Å². The fraction of sp³-hybridized carbons (Fsp3) is 0.867. The molecule has 0 N–H and O–H groups in total. The van der Waals surface area contributed by atoms with Crippen LogP contribution in [0.15, 0.2) is 0 Å². The number of carbonyl (C=O) groups is 2. The molecule has 0 bridgehead atoms. The molecular formula is C15H29NO5. The second kappa shape index (κ2) is 8.87. The lowest BCUT2D eigenvalue weighted by atomic mass is 9.98. The van der Waals surface area contributed by atoms with Gasteiger partial charge in [-0.1, -0.05) is 20.3 Å². The van der Waals surface area contributed by atoms with Gasteiger partial charge in [-0.3, -0.25) is 4.90 Å². The first-order valence-corrected chi connectivity index (χ1v) is 7.33. The largest absolute Gasteiger partial charge is 0.464 e. The van der Waals surface area contributed by atoms with Crippen LogP contribution in [0.3, 0.4) is 0 Å². The maximum atomic E-state index is 12.3. The third kappa shape index (κ3) is 6.80. The number of rotatable bonds is 7. The molecule has 0 aromatic carbocycles. The zero-order chi connectivity index (χ0) is 16.6. The Morgan fingerprint density at radius 1 is 1.19 bits per heavy atom. The van der Waals surface area contributed by atoms with E-state index in [0.29, 0.717) is 0 Å². The maximum absolute atomic E-state index is 12.3. The van der Waals surface area contributed by atoms with Crippen LogP contribution in [0.1, 0.15) is 48.0 Å². The minimum absolute atomic E-state index is 0.0251. The predicted octanol–water partition coefficient (Wildman–Crippen LogP) is 2.81. The Morgan fingerprint density at radius 2 is 1.76 bits per heavy atom. The molecule has 0 aromatic rings. The van der Waals surface area contributed by atoms with Crippen molar-refractivity contribution >= 4 is 12.1 Å². The van der Waals surface area contributed by atoms with Gasteiger partial charge in [-0.25, -0.2) is 9.59 Å². The monoisotopic (exact) mass is 303 g/mol. The number of ether oxygens (including phenoxy) is 3. The van der Waals surface area contributed by atoms with Gasteiger partial charge in [-0.05, 0) is 33.6 Å². The lowest BCUT2D eigenvalue weighted by Crippen LogP contribution is -2.51. The Labute approximate surface area is 127 Å². The van der Waals surface area contributed by atoms with Gasteiger partial charge in [0.25, 0.3) is 0 Å². The third-order valence-electron chi connectivity index (χ3n) is 2.94. The summed E-state index contributed by atoms with van der Waals surface area (Å²) in [5.74, 6) is -0.499. The maximum Gasteiger partial charge on any atom is 0.412 e. The second-order valence-corrected chi connectivity index (χ2v) is 5.95. The summed E-state index contributed by atoms with van der Waals surface area (Å²) in [7, 11) is 1.47. The van der Waals surface area contributed by atoms with Crippen molar-refractivity contribution in [2.24, 2.45) is 5.92 Å². The highest BCUT2D eigenvalue weighted by molar-refractivity contribution is 5.81. The molecule has 0 unspecified atom stereocenters. The third-order valence-corrected chi connectivity index (χ3v) is 2.94. The van der Waals surface area contributed by atoms with Gasteiger partial charge in [0, 0.05) is 7.11 Å². The summed E-state index contributed by atoms with van der Waals surface area (Å²) in [6, 6.07) is -0.718. The molecule has 1 amide bonds. The fourth-order valence-corrected chi connectivity index (χ4v) is 1.82. The van der Waals surface area contributed by atoms with Crippen molar-refractivity contribution in [2.75, 3.05) is 20.4 Å². The van der Waals surface area contributed by atoms with E-state index in [9.17, 15) is 9.59 Å². The Morgan fingerprint density at radius 3 is 2.14 bits per heavy atom. The van der Waals surface area contributed by atoms with Crippen LogP contribution in [-0.4, -0.2) is 49.1 Å². The molecule has 0 aliphatic heterocycles. The van der Waals surface area contributed by atoms with Crippen LogP contribution in [0, 0.1) is 5.92 Å². The lowest BCUT2D eigenvalue weighted by Gasteiger charge is -2.34. The van der Waals surface area contributed by atoms with E-state index >= 15 is 0 Å². The Kier molecular flexibility index (Phi) is 8.32. The molecule has 0 rings (SSSR count). The number of methoxy groups -OCH3 is 1. The summed E-state index contributed by atoms with van der Waals surface area (Å²) in [6.07, 6.45) is 0.148. The van der Waals surface area contributed by atoms with Gasteiger partial charge in [-0.2, -0.15) is 0 Å². The molecule has 0 aromatic heterocycles. The number of hydrogen-bond donors (Lipinski definition) is 0. The summed E-state index contributed by atoms with van der Waals surface area (Å²) >= 11 is 0. The van der Waals surface area contributed by atoms with Gasteiger partial charge in [0.1, 0.15) is 18.4 Å². The summed E-state index contributed by atoms with van der Waals surface area (Å²) in [4.78, 5) is 25.8.